The molecular weight excluding hydrogens is 761 g/mol. The number of fused-ring (bicyclic) bond motifs is 4. The molecule has 0 saturated carbocycles. The molecule has 0 atom stereocenters. The first kappa shape index (κ1) is 33.5. The van der Waals surface area contributed by atoms with Crippen molar-refractivity contribution in [2.75, 3.05) is 0 Å². The molecule has 0 saturated heterocycles. The Hall–Kier alpha value is -3.83. The summed E-state index contributed by atoms with van der Waals surface area (Å²) in [4.78, 5) is 16.5. The third kappa shape index (κ3) is 5.68. The van der Waals surface area contributed by atoms with Gasteiger partial charge in [-0.25, -0.2) is 0 Å². The van der Waals surface area contributed by atoms with Crippen LogP contribution in [0.1, 0.15) is 41.5 Å². The molecule has 0 unspecified atom stereocenters. The van der Waals surface area contributed by atoms with Gasteiger partial charge >= 0.3 is 0 Å². The maximum atomic E-state index is 11.5. The number of aliphatic hydroxyl groups is 1. The van der Waals surface area contributed by atoms with Crippen LogP contribution in [0.4, 0.5) is 0 Å². The van der Waals surface area contributed by atoms with E-state index in [0.29, 0.717) is 0 Å². The van der Waals surface area contributed by atoms with Crippen molar-refractivity contribution in [1.29, 1.82) is 0 Å². The first-order valence-corrected chi connectivity index (χ1v) is 18.6. The molecule has 6 heteroatoms. The first-order valence-electron chi connectivity index (χ1n) is 15.6. The molecule has 1 aliphatic heterocycles. The Balaban J connectivity index is 0.000000256. The predicted octanol–water partition coefficient (Wildman–Crippen LogP) is 9.02. The van der Waals surface area contributed by atoms with E-state index < -0.39 is 13.5 Å². The summed E-state index contributed by atoms with van der Waals surface area (Å²) in [5, 5.41) is 17.7. The molecule has 2 aromatic heterocycles. The van der Waals surface area contributed by atoms with Gasteiger partial charge in [-0.1, -0.05) is 125 Å². The third-order valence-corrected chi connectivity index (χ3v) is 12.4. The predicted molar refractivity (Wildman–Crippen MR) is 192 cm³/mol. The monoisotopic (exact) mass is 802 g/mol. The maximum absolute atomic E-state index is 11.5. The van der Waals surface area contributed by atoms with Crippen molar-refractivity contribution in [3.05, 3.63) is 109 Å². The summed E-state index contributed by atoms with van der Waals surface area (Å²) < 4.78 is 2.40. The van der Waals surface area contributed by atoms with Crippen molar-refractivity contribution in [3.63, 3.8) is 0 Å². The number of para-hydroxylation sites is 1. The molecule has 3 heterocycles. The van der Waals surface area contributed by atoms with E-state index in [1.54, 1.807) is 0 Å². The number of carbonyl (C=O) groups excluding carboxylic acids is 1. The van der Waals surface area contributed by atoms with Gasteiger partial charge in [-0.3, -0.25) is 4.79 Å². The Morgan fingerprint density at radius 3 is 2.15 bits per heavy atom. The Morgan fingerprint density at radius 1 is 0.826 bits per heavy atom. The molecule has 0 aliphatic carbocycles. The summed E-state index contributed by atoms with van der Waals surface area (Å²) >= 11 is 0. The molecular formula is C40H41IrN2O2Si-. The number of ketones is 1. The van der Waals surface area contributed by atoms with Crippen LogP contribution < -0.4 is 10.4 Å². The van der Waals surface area contributed by atoms with E-state index in [-0.39, 0.29) is 37.1 Å². The van der Waals surface area contributed by atoms with E-state index in [0.717, 1.165) is 5.69 Å². The van der Waals surface area contributed by atoms with Gasteiger partial charge in [0.25, 0.3) is 0 Å². The number of pyridine rings is 1. The van der Waals surface area contributed by atoms with E-state index in [1.165, 1.54) is 60.3 Å². The SMILES string of the molecule is CC(C)(C)C(=O)/C=C(\O)C(C)(C)C.C[Si]1(C)c2c([c-]cc3ccccc23)-c2nccc3c2c2c1cccc2n3-c1ccccc1.[Ir]. The number of allylic oxidation sites excluding steroid dienone is 2. The molecule has 6 aromatic rings. The van der Waals surface area contributed by atoms with Crippen molar-refractivity contribution < 1.29 is 30.0 Å². The van der Waals surface area contributed by atoms with Gasteiger partial charge in [0.05, 0.1) is 13.6 Å². The van der Waals surface area contributed by atoms with E-state index in [1.807, 2.05) is 47.7 Å². The summed E-state index contributed by atoms with van der Waals surface area (Å²) in [7, 11) is -2.07. The quantitative estimate of drug-likeness (QED) is 0.0824. The number of benzene rings is 4. The van der Waals surface area contributed by atoms with Crippen molar-refractivity contribution in [3.8, 4) is 16.9 Å². The van der Waals surface area contributed by atoms with Gasteiger partial charge in [0.2, 0.25) is 0 Å². The van der Waals surface area contributed by atoms with E-state index in [4.69, 9.17) is 4.98 Å². The minimum atomic E-state index is -2.07. The van der Waals surface area contributed by atoms with Gasteiger partial charge in [0.15, 0.2) is 5.78 Å². The Morgan fingerprint density at radius 2 is 1.48 bits per heavy atom. The van der Waals surface area contributed by atoms with Crippen LogP contribution in [0.5, 0.6) is 0 Å². The second-order valence-corrected chi connectivity index (χ2v) is 18.9. The van der Waals surface area contributed by atoms with E-state index in [2.05, 4.69) is 109 Å². The summed E-state index contributed by atoms with van der Waals surface area (Å²) in [6.07, 6.45) is 3.29. The van der Waals surface area contributed by atoms with Crippen LogP contribution in [0.15, 0.2) is 103 Å². The Kier molecular flexibility index (Phi) is 8.80. The number of rotatable bonds is 2. The molecule has 1 radical (unpaired) electrons. The maximum Gasteiger partial charge on any atom is 0.164 e. The number of aromatic nitrogens is 2. The van der Waals surface area contributed by atoms with Crippen LogP contribution in [-0.2, 0) is 24.9 Å². The fraction of sp³-hybridized carbons (Fsp3) is 0.250. The van der Waals surface area contributed by atoms with Crippen LogP contribution in [-0.4, -0.2) is 28.5 Å². The van der Waals surface area contributed by atoms with Crippen LogP contribution in [0.3, 0.4) is 0 Å². The third-order valence-electron chi connectivity index (χ3n) is 8.88. The van der Waals surface area contributed by atoms with E-state index in [9.17, 15) is 9.90 Å². The molecule has 46 heavy (non-hydrogen) atoms. The Labute approximate surface area is 286 Å². The van der Waals surface area contributed by atoms with Crippen LogP contribution in [0.25, 0.3) is 49.5 Å². The minimum Gasteiger partial charge on any atom is -0.512 e. The summed E-state index contributed by atoms with van der Waals surface area (Å²) in [6.45, 7) is 16.1. The van der Waals surface area contributed by atoms with Crippen LogP contribution >= 0.6 is 0 Å². The standard InChI is InChI=1S/C29H21N2Si.C11H20O2.Ir/c1-32(2)25-14-8-13-23-26(25)27-24(31(23)20-10-4-3-5-11-20)17-18-30-28(27)22-16-15-19-9-6-7-12-21(19)29(22)32;1-10(2,3)8(12)7-9(13)11(4,5)6;/h3-15,17-18H,1-2H3;7,12H,1-6H3;/q-1;;/b;8-7-;. The normalized spacial score (nSPS) is 14.0. The molecule has 0 bridgehead atoms. The zero-order chi connectivity index (χ0) is 32.3. The molecule has 237 valence electrons. The van der Waals surface area contributed by atoms with E-state index >= 15 is 0 Å². The fourth-order valence-electron chi connectivity index (χ4n) is 6.30. The summed E-state index contributed by atoms with van der Waals surface area (Å²) in [5.74, 6) is 0.104. The molecule has 7 rings (SSSR count). The van der Waals surface area contributed by atoms with Crippen molar-refractivity contribution in [2.24, 2.45) is 10.8 Å². The fourth-order valence-corrected chi connectivity index (χ4v) is 9.68. The van der Waals surface area contributed by atoms with Crippen molar-refractivity contribution in [1.82, 2.24) is 9.55 Å². The molecule has 1 N–H and O–H groups in total. The average Bonchev–Trinajstić information content (AvgIpc) is 3.30. The zero-order valence-corrected chi connectivity index (χ0v) is 31.2. The number of nitrogens with zero attached hydrogens (tertiary/aromatic N) is 2. The van der Waals surface area contributed by atoms with Gasteiger partial charge in [0, 0.05) is 54.4 Å². The molecule has 0 fully saturated rings. The first-order chi connectivity index (χ1) is 21.2. The largest absolute Gasteiger partial charge is 0.512 e. The smallest absolute Gasteiger partial charge is 0.164 e. The number of carbonyl (C=O) groups is 1. The van der Waals surface area contributed by atoms with Crippen molar-refractivity contribution >= 4 is 56.8 Å². The molecule has 1 aliphatic rings. The number of hydrogen-bond acceptors (Lipinski definition) is 3. The second kappa shape index (κ2) is 12.1. The topological polar surface area (TPSA) is 55.1 Å². The van der Waals surface area contributed by atoms with Gasteiger partial charge in [-0.15, -0.1) is 22.9 Å². The number of hydrogen-bond donors (Lipinski definition) is 1. The molecule has 4 nitrogen and oxygen atoms in total. The van der Waals surface area contributed by atoms with Gasteiger partial charge < -0.3 is 14.7 Å². The number of aliphatic hydroxyl groups excluding tert-OH is 1. The van der Waals surface area contributed by atoms with Gasteiger partial charge in [-0.05, 0) is 40.7 Å². The minimum absolute atomic E-state index is 0. The molecule has 0 amide bonds. The molecule has 4 aromatic carbocycles. The second-order valence-electron chi connectivity index (χ2n) is 14.6. The zero-order valence-electron chi connectivity index (χ0n) is 27.8. The summed E-state index contributed by atoms with van der Waals surface area (Å²) in [6, 6.07) is 34.3. The van der Waals surface area contributed by atoms with Crippen LogP contribution in [0.2, 0.25) is 13.1 Å². The average molecular weight is 802 g/mol. The Bertz CT molecular complexity index is 2130. The van der Waals surface area contributed by atoms with Crippen molar-refractivity contribution in [2.45, 2.75) is 54.6 Å². The molecule has 0 spiro atoms. The van der Waals surface area contributed by atoms with Gasteiger partial charge in [0.1, 0.15) is 5.76 Å². The summed E-state index contributed by atoms with van der Waals surface area (Å²) in [5.41, 5.74) is 5.13. The van der Waals surface area contributed by atoms with Crippen LogP contribution in [0, 0.1) is 16.9 Å². The van der Waals surface area contributed by atoms with Gasteiger partial charge in [-0.2, -0.15) is 0 Å².